The van der Waals surface area contributed by atoms with E-state index in [1.54, 1.807) is 12.1 Å². The monoisotopic (exact) mass is 410 g/mol. The number of amides is 2. The van der Waals surface area contributed by atoms with Gasteiger partial charge in [0.25, 0.3) is 0 Å². The molecule has 0 saturated carbocycles. The molecule has 0 aromatic heterocycles. The summed E-state index contributed by atoms with van der Waals surface area (Å²) in [7, 11) is 0. The molecule has 0 unspecified atom stereocenters. The van der Waals surface area contributed by atoms with Crippen molar-refractivity contribution >= 4 is 17.8 Å². The number of nitrogens with two attached hydrogens (primary N) is 1. The number of aliphatic carboxylic acids is 1. The number of carbonyl (C=O) groups excluding carboxylic acids is 2. The molecule has 3 N–H and O–H groups in total. The molecule has 6 nitrogen and oxygen atoms in total. The smallest absolute Gasteiger partial charge is 0.326 e. The molecule has 0 spiro atoms. The second kappa shape index (κ2) is 10.6. The van der Waals surface area contributed by atoms with Crippen LogP contribution in [-0.4, -0.2) is 33.8 Å². The topological polar surface area (TPSA) is 101 Å². The van der Waals surface area contributed by atoms with E-state index < -0.39 is 17.9 Å². The van der Waals surface area contributed by atoms with Crippen LogP contribution in [0.2, 0.25) is 0 Å². The molecule has 0 heterocycles. The van der Waals surface area contributed by atoms with Gasteiger partial charge in [0, 0.05) is 18.5 Å². The van der Waals surface area contributed by atoms with Gasteiger partial charge in [-0.25, -0.2) is 4.79 Å². The average Bonchev–Trinajstić information content (AvgIpc) is 2.71. The molecule has 0 aliphatic carbocycles. The van der Waals surface area contributed by atoms with Gasteiger partial charge in [-0.15, -0.1) is 0 Å². The molecule has 2 rings (SSSR count). The summed E-state index contributed by atoms with van der Waals surface area (Å²) in [6, 6.07) is 13.6. The summed E-state index contributed by atoms with van der Waals surface area (Å²) in [6.45, 7) is 5.83. The van der Waals surface area contributed by atoms with E-state index in [0.717, 1.165) is 29.5 Å². The van der Waals surface area contributed by atoms with Gasteiger partial charge in [-0.2, -0.15) is 0 Å². The zero-order valence-corrected chi connectivity index (χ0v) is 17.8. The fourth-order valence-electron chi connectivity index (χ4n) is 3.53. The highest BCUT2D eigenvalue weighted by atomic mass is 16.4. The maximum absolute atomic E-state index is 12.8. The molecule has 6 heteroatoms. The number of hydrogen-bond acceptors (Lipinski definition) is 3. The van der Waals surface area contributed by atoms with Gasteiger partial charge in [0.2, 0.25) is 11.8 Å². The lowest BCUT2D eigenvalue weighted by atomic mass is 9.97. The number of primary amides is 1. The van der Waals surface area contributed by atoms with Crippen LogP contribution in [0.15, 0.2) is 48.5 Å². The Balaban J connectivity index is 2.31. The Hall–Kier alpha value is -3.15. The first kappa shape index (κ1) is 23.1. The van der Waals surface area contributed by atoms with Crippen LogP contribution in [0.25, 0.3) is 11.1 Å². The molecule has 2 amide bonds. The van der Waals surface area contributed by atoms with Crippen LogP contribution < -0.4 is 5.73 Å². The van der Waals surface area contributed by atoms with E-state index in [-0.39, 0.29) is 18.4 Å². The first-order chi connectivity index (χ1) is 14.3. The minimum Gasteiger partial charge on any atom is -0.480 e. The summed E-state index contributed by atoms with van der Waals surface area (Å²) in [4.78, 5) is 37.8. The van der Waals surface area contributed by atoms with Crippen LogP contribution in [0.3, 0.4) is 0 Å². The lowest BCUT2D eigenvalue weighted by Crippen LogP contribution is -2.47. The molecule has 0 aliphatic heterocycles. The number of rotatable bonds is 10. The summed E-state index contributed by atoms with van der Waals surface area (Å²) < 4.78 is 0. The van der Waals surface area contributed by atoms with Crippen molar-refractivity contribution in [1.29, 1.82) is 0 Å². The Labute approximate surface area is 177 Å². The number of hydrogen-bond donors (Lipinski definition) is 2. The predicted molar refractivity (Wildman–Crippen MR) is 117 cm³/mol. The maximum atomic E-state index is 12.8. The fraction of sp³-hybridized carbons (Fsp3) is 0.375. The van der Waals surface area contributed by atoms with E-state index in [1.807, 2.05) is 57.2 Å². The molecule has 0 fully saturated rings. The van der Waals surface area contributed by atoms with Crippen molar-refractivity contribution in [1.82, 2.24) is 4.90 Å². The van der Waals surface area contributed by atoms with Crippen molar-refractivity contribution in [3.63, 3.8) is 0 Å². The van der Waals surface area contributed by atoms with E-state index >= 15 is 0 Å². The molecular weight excluding hydrogens is 380 g/mol. The van der Waals surface area contributed by atoms with Crippen LogP contribution in [0.5, 0.6) is 0 Å². The Morgan fingerprint density at radius 1 is 1.03 bits per heavy atom. The molecular formula is C24H30N2O4. The molecule has 0 radical (unpaired) electrons. The molecule has 0 aliphatic rings. The van der Waals surface area contributed by atoms with E-state index in [4.69, 9.17) is 5.73 Å². The number of carboxylic acids is 1. The van der Waals surface area contributed by atoms with Crippen LogP contribution in [0.1, 0.15) is 56.0 Å². The Morgan fingerprint density at radius 2 is 1.67 bits per heavy atom. The van der Waals surface area contributed by atoms with Crippen molar-refractivity contribution in [3.05, 3.63) is 59.7 Å². The van der Waals surface area contributed by atoms with Gasteiger partial charge < -0.3 is 15.7 Å². The van der Waals surface area contributed by atoms with Gasteiger partial charge in [0.15, 0.2) is 0 Å². The zero-order chi connectivity index (χ0) is 22.3. The third-order valence-electron chi connectivity index (χ3n) is 5.10. The molecule has 30 heavy (non-hydrogen) atoms. The lowest BCUT2D eigenvalue weighted by Gasteiger charge is -2.32. The molecule has 2 aromatic carbocycles. The standard InChI is InChI=1S/C24H30N2O4/c1-4-5-10-21(27)26(22(16(2)3)24(29)30)15-17-11-13-18(14-12-17)19-8-6-7-9-20(19)23(25)28/h6-9,11-14,16,22H,4-5,10,15H2,1-3H3,(H2,25,28)(H,29,30)/t22-/m0/s1. The Morgan fingerprint density at radius 3 is 2.20 bits per heavy atom. The van der Waals surface area contributed by atoms with Crippen molar-refractivity contribution < 1.29 is 19.5 Å². The summed E-state index contributed by atoms with van der Waals surface area (Å²) in [6.07, 6.45) is 1.92. The summed E-state index contributed by atoms with van der Waals surface area (Å²) in [5, 5.41) is 9.70. The SMILES string of the molecule is CCCCC(=O)N(Cc1ccc(-c2ccccc2C(N)=O)cc1)[C@H](C(=O)O)C(C)C. The van der Waals surface area contributed by atoms with Gasteiger partial charge in [0.05, 0.1) is 0 Å². The summed E-state index contributed by atoms with van der Waals surface area (Å²) >= 11 is 0. The highest BCUT2D eigenvalue weighted by molar-refractivity contribution is 5.99. The molecule has 0 bridgehead atoms. The minimum absolute atomic E-state index is 0.152. The second-order valence-corrected chi connectivity index (χ2v) is 7.76. The number of benzene rings is 2. The normalized spacial score (nSPS) is 11.9. The Bertz CT molecular complexity index is 890. The van der Waals surface area contributed by atoms with Gasteiger partial charge >= 0.3 is 5.97 Å². The van der Waals surface area contributed by atoms with Crippen LogP contribution in [-0.2, 0) is 16.1 Å². The Kier molecular flexibility index (Phi) is 8.16. The van der Waals surface area contributed by atoms with Crippen molar-refractivity contribution in [2.75, 3.05) is 0 Å². The van der Waals surface area contributed by atoms with Crippen LogP contribution in [0, 0.1) is 5.92 Å². The number of carbonyl (C=O) groups is 3. The summed E-state index contributed by atoms with van der Waals surface area (Å²) in [5.41, 5.74) is 8.30. The second-order valence-electron chi connectivity index (χ2n) is 7.76. The van der Waals surface area contributed by atoms with E-state index in [1.165, 1.54) is 4.90 Å². The first-order valence-corrected chi connectivity index (χ1v) is 10.3. The highest BCUT2D eigenvalue weighted by Crippen LogP contribution is 2.25. The summed E-state index contributed by atoms with van der Waals surface area (Å²) in [5.74, 6) is -1.86. The number of carboxylic acid groups (broad SMARTS) is 1. The maximum Gasteiger partial charge on any atom is 0.326 e. The molecule has 2 aromatic rings. The van der Waals surface area contributed by atoms with E-state index in [9.17, 15) is 19.5 Å². The molecule has 160 valence electrons. The molecule has 0 saturated heterocycles. The highest BCUT2D eigenvalue weighted by Gasteiger charge is 2.32. The van der Waals surface area contributed by atoms with Gasteiger partial charge in [-0.05, 0) is 35.1 Å². The number of nitrogens with zero attached hydrogens (tertiary/aromatic N) is 1. The lowest BCUT2D eigenvalue weighted by molar-refractivity contribution is -0.153. The van der Waals surface area contributed by atoms with E-state index in [2.05, 4.69) is 0 Å². The quantitative estimate of drug-likeness (QED) is 0.616. The van der Waals surface area contributed by atoms with Gasteiger partial charge in [0.1, 0.15) is 6.04 Å². The minimum atomic E-state index is -0.998. The van der Waals surface area contributed by atoms with Crippen molar-refractivity contribution in [3.8, 4) is 11.1 Å². The van der Waals surface area contributed by atoms with Gasteiger partial charge in [-0.3, -0.25) is 9.59 Å². The largest absolute Gasteiger partial charge is 0.480 e. The zero-order valence-electron chi connectivity index (χ0n) is 17.8. The third kappa shape index (κ3) is 5.69. The third-order valence-corrected chi connectivity index (χ3v) is 5.10. The first-order valence-electron chi connectivity index (χ1n) is 10.3. The van der Waals surface area contributed by atoms with Crippen LogP contribution >= 0.6 is 0 Å². The predicted octanol–water partition coefficient (Wildman–Crippen LogP) is 4.08. The van der Waals surface area contributed by atoms with Crippen molar-refractivity contribution in [2.45, 2.75) is 52.6 Å². The number of unbranched alkanes of at least 4 members (excludes halogenated alkanes) is 1. The van der Waals surface area contributed by atoms with E-state index in [0.29, 0.717) is 12.0 Å². The molecule has 1 atom stereocenters. The van der Waals surface area contributed by atoms with Crippen molar-refractivity contribution in [2.24, 2.45) is 11.7 Å². The van der Waals surface area contributed by atoms with Gasteiger partial charge in [-0.1, -0.05) is 69.7 Å². The fourth-order valence-corrected chi connectivity index (χ4v) is 3.53. The average molecular weight is 411 g/mol. The van der Waals surface area contributed by atoms with Crippen LogP contribution in [0.4, 0.5) is 0 Å².